The molecule has 0 unspecified atom stereocenters. The van der Waals surface area contributed by atoms with Gasteiger partial charge in [0.05, 0.1) is 11.6 Å². The smallest absolute Gasteiger partial charge is 0.223 e. The number of nitrogens with two attached hydrogens (primary N) is 1. The highest BCUT2D eigenvalue weighted by molar-refractivity contribution is 8.01. The van der Waals surface area contributed by atoms with Crippen LogP contribution in [0, 0.1) is 0 Å². The summed E-state index contributed by atoms with van der Waals surface area (Å²) < 4.78 is 4.73. The normalized spacial score (nSPS) is 11.0. The summed E-state index contributed by atoms with van der Waals surface area (Å²) in [6, 6.07) is 0. The van der Waals surface area contributed by atoms with Crippen molar-refractivity contribution in [1.29, 1.82) is 0 Å². The maximum Gasteiger partial charge on any atom is 0.223 e. The topological polar surface area (TPSA) is 106 Å². The molecule has 7 nitrogen and oxygen atoms in total. The van der Waals surface area contributed by atoms with Gasteiger partial charge in [0.1, 0.15) is 11.4 Å². The molecular weight excluding hydrogens is 246 g/mol. The first-order valence-corrected chi connectivity index (χ1v) is 5.83. The fraction of sp³-hybridized carbons (Fsp3) is 0. The zero-order valence-corrected chi connectivity index (χ0v) is 9.42. The predicted octanol–water partition coefficient (Wildman–Crippen LogP) is 0.938. The summed E-state index contributed by atoms with van der Waals surface area (Å²) in [7, 11) is 0. The maximum atomic E-state index is 5.60. The van der Waals surface area contributed by atoms with E-state index < -0.39 is 0 Å². The summed E-state index contributed by atoms with van der Waals surface area (Å²) in [5, 5.41) is 8.21. The maximum absolute atomic E-state index is 5.60. The molecule has 0 fully saturated rings. The Labute approximate surface area is 97.7 Å². The Bertz CT molecular complexity index is 617. The molecule has 16 heavy (non-hydrogen) atoms. The van der Waals surface area contributed by atoms with Crippen molar-refractivity contribution in [2.45, 2.75) is 9.37 Å². The molecule has 0 aliphatic rings. The minimum Gasteiger partial charge on any atom is -0.368 e. The van der Waals surface area contributed by atoms with E-state index in [1.54, 1.807) is 6.20 Å². The van der Waals surface area contributed by atoms with E-state index in [1.807, 2.05) is 0 Å². The molecule has 0 bridgehead atoms. The summed E-state index contributed by atoms with van der Waals surface area (Å²) >= 11 is 2.70. The van der Waals surface area contributed by atoms with Crippen LogP contribution < -0.4 is 5.73 Å². The number of anilines is 1. The number of H-pyrrole nitrogens is 1. The Morgan fingerprint density at radius 3 is 3.12 bits per heavy atom. The molecule has 0 saturated carbocycles. The first kappa shape index (κ1) is 9.48. The van der Waals surface area contributed by atoms with Crippen LogP contribution in [0.5, 0.6) is 0 Å². The lowest BCUT2D eigenvalue weighted by molar-refractivity contribution is 1.08. The van der Waals surface area contributed by atoms with Gasteiger partial charge in [-0.05, 0) is 23.3 Å². The minimum atomic E-state index is 0.212. The Morgan fingerprint density at radius 1 is 1.38 bits per heavy atom. The van der Waals surface area contributed by atoms with Gasteiger partial charge in [0, 0.05) is 0 Å². The van der Waals surface area contributed by atoms with Crippen molar-refractivity contribution in [2.24, 2.45) is 0 Å². The standard InChI is InChI=1S/C7H5N7S2/c8-6-12-4-3(1-10-14-4)5(13-6)15-7-9-2-11-16-7/h1-2H,(H3,8,10,12,13,14). The highest BCUT2D eigenvalue weighted by atomic mass is 32.2. The van der Waals surface area contributed by atoms with Gasteiger partial charge in [0.15, 0.2) is 9.99 Å². The molecule has 0 aliphatic heterocycles. The van der Waals surface area contributed by atoms with E-state index in [0.29, 0.717) is 5.65 Å². The van der Waals surface area contributed by atoms with Crippen LogP contribution in [0.3, 0.4) is 0 Å². The van der Waals surface area contributed by atoms with Crippen molar-refractivity contribution in [3.63, 3.8) is 0 Å². The van der Waals surface area contributed by atoms with Crippen LogP contribution >= 0.6 is 23.3 Å². The van der Waals surface area contributed by atoms with E-state index in [2.05, 4.69) is 29.5 Å². The number of aromatic nitrogens is 6. The van der Waals surface area contributed by atoms with E-state index >= 15 is 0 Å². The van der Waals surface area contributed by atoms with Gasteiger partial charge in [-0.15, -0.1) is 0 Å². The van der Waals surface area contributed by atoms with Crippen LogP contribution in [0.4, 0.5) is 5.95 Å². The third kappa shape index (κ3) is 1.59. The fourth-order valence-corrected chi connectivity index (χ4v) is 2.65. The summed E-state index contributed by atoms with van der Waals surface area (Å²) in [6.45, 7) is 0. The molecule has 3 heterocycles. The minimum absolute atomic E-state index is 0.212. The molecule has 80 valence electrons. The third-order valence-electron chi connectivity index (χ3n) is 1.82. The Hall–Kier alpha value is -1.74. The SMILES string of the molecule is Nc1nc(Sc2ncns2)c2cn[nH]c2n1. The first-order valence-electron chi connectivity index (χ1n) is 4.24. The molecule has 0 aromatic carbocycles. The molecule has 3 aromatic heterocycles. The van der Waals surface area contributed by atoms with Gasteiger partial charge in [0.25, 0.3) is 0 Å². The number of nitrogen functional groups attached to an aromatic ring is 1. The highest BCUT2D eigenvalue weighted by Crippen LogP contribution is 2.31. The molecular formula is C7H5N7S2. The van der Waals surface area contributed by atoms with Crippen LogP contribution in [0.1, 0.15) is 0 Å². The molecule has 3 aromatic rings. The summed E-state index contributed by atoms with van der Waals surface area (Å²) in [6.07, 6.45) is 3.17. The molecule has 0 saturated heterocycles. The number of hydrogen-bond donors (Lipinski definition) is 2. The summed E-state index contributed by atoms with van der Waals surface area (Å²) in [4.78, 5) is 12.3. The Morgan fingerprint density at radius 2 is 2.31 bits per heavy atom. The summed E-state index contributed by atoms with van der Waals surface area (Å²) in [5.74, 6) is 0.212. The molecule has 3 N–H and O–H groups in total. The molecule has 9 heteroatoms. The van der Waals surface area contributed by atoms with E-state index in [9.17, 15) is 0 Å². The lowest BCUT2D eigenvalue weighted by Crippen LogP contribution is -1.96. The molecule has 0 aliphatic carbocycles. The highest BCUT2D eigenvalue weighted by Gasteiger charge is 2.10. The quantitative estimate of drug-likeness (QED) is 0.652. The van der Waals surface area contributed by atoms with Crippen molar-refractivity contribution >= 4 is 40.3 Å². The average molecular weight is 251 g/mol. The number of nitrogens with zero attached hydrogens (tertiary/aromatic N) is 5. The van der Waals surface area contributed by atoms with Gasteiger partial charge >= 0.3 is 0 Å². The largest absolute Gasteiger partial charge is 0.368 e. The third-order valence-corrected chi connectivity index (χ3v) is 3.54. The zero-order chi connectivity index (χ0) is 11.0. The lowest BCUT2D eigenvalue weighted by atomic mass is 10.4. The van der Waals surface area contributed by atoms with Crippen LogP contribution in [-0.2, 0) is 0 Å². The predicted molar refractivity (Wildman–Crippen MR) is 60.1 cm³/mol. The zero-order valence-electron chi connectivity index (χ0n) is 7.78. The van der Waals surface area contributed by atoms with Crippen molar-refractivity contribution in [3.8, 4) is 0 Å². The monoisotopic (exact) mass is 251 g/mol. The number of fused-ring (bicyclic) bond motifs is 1. The van der Waals surface area contributed by atoms with Crippen molar-refractivity contribution in [2.75, 3.05) is 5.73 Å². The van der Waals surface area contributed by atoms with E-state index in [1.165, 1.54) is 29.6 Å². The van der Waals surface area contributed by atoms with Crippen LogP contribution in [0.2, 0.25) is 0 Å². The number of hydrogen-bond acceptors (Lipinski definition) is 8. The van der Waals surface area contributed by atoms with Crippen LogP contribution in [0.15, 0.2) is 21.9 Å². The average Bonchev–Trinajstić information content (AvgIpc) is 2.87. The van der Waals surface area contributed by atoms with Crippen molar-refractivity contribution in [3.05, 3.63) is 12.5 Å². The van der Waals surface area contributed by atoms with Gasteiger partial charge in [-0.3, -0.25) is 5.10 Å². The van der Waals surface area contributed by atoms with Crippen molar-refractivity contribution in [1.82, 2.24) is 29.5 Å². The Balaban J connectivity index is 2.11. The molecule has 3 rings (SSSR count). The number of aromatic amines is 1. The molecule has 0 atom stereocenters. The second kappa shape index (κ2) is 3.68. The first-order chi connectivity index (χ1) is 7.83. The number of rotatable bonds is 2. The fourth-order valence-electron chi connectivity index (χ4n) is 1.19. The second-order valence-electron chi connectivity index (χ2n) is 2.83. The molecule has 0 amide bonds. The number of nitrogens with one attached hydrogen (secondary N) is 1. The van der Waals surface area contributed by atoms with Gasteiger partial charge < -0.3 is 5.73 Å². The van der Waals surface area contributed by atoms with E-state index in [4.69, 9.17) is 5.73 Å². The lowest BCUT2D eigenvalue weighted by Gasteiger charge is -1.99. The Kier molecular flexibility index (Phi) is 2.18. The van der Waals surface area contributed by atoms with Crippen LogP contribution in [-0.4, -0.2) is 29.5 Å². The molecule has 0 spiro atoms. The summed E-state index contributed by atoms with van der Waals surface area (Å²) in [5.41, 5.74) is 6.22. The van der Waals surface area contributed by atoms with Crippen molar-refractivity contribution < 1.29 is 0 Å². The van der Waals surface area contributed by atoms with Gasteiger partial charge in [-0.2, -0.15) is 14.5 Å². The van der Waals surface area contributed by atoms with E-state index in [-0.39, 0.29) is 5.95 Å². The van der Waals surface area contributed by atoms with Gasteiger partial charge in [-0.25, -0.2) is 9.97 Å². The van der Waals surface area contributed by atoms with Gasteiger partial charge in [0.2, 0.25) is 5.95 Å². The second-order valence-corrected chi connectivity index (χ2v) is 4.84. The van der Waals surface area contributed by atoms with E-state index in [0.717, 1.165) is 14.8 Å². The van der Waals surface area contributed by atoms with Gasteiger partial charge in [-0.1, -0.05) is 0 Å². The van der Waals surface area contributed by atoms with Crippen LogP contribution in [0.25, 0.3) is 11.0 Å². The molecule has 0 radical (unpaired) electrons.